The Morgan fingerprint density at radius 2 is 1.90 bits per heavy atom. The van der Waals surface area contributed by atoms with Crippen LogP contribution in [0.5, 0.6) is 5.75 Å². The summed E-state index contributed by atoms with van der Waals surface area (Å²) in [5.41, 5.74) is 8.54. The SMILES string of the molecule is CCOC(=O)[C@@]1(Cc2ccc(OCc3cc(C)nc4ccccc34)cc2)C[C@@H]1C(N)=O. The minimum atomic E-state index is -0.836. The number of para-hydroxylation sites is 1. The number of carbonyl (C=O) groups is 2. The van der Waals surface area contributed by atoms with Crippen LogP contribution in [0.1, 0.15) is 30.2 Å². The van der Waals surface area contributed by atoms with Gasteiger partial charge in [-0.25, -0.2) is 0 Å². The summed E-state index contributed by atoms with van der Waals surface area (Å²) < 4.78 is 11.2. The first-order valence-electron chi connectivity index (χ1n) is 10.5. The van der Waals surface area contributed by atoms with Crippen molar-refractivity contribution in [1.82, 2.24) is 4.98 Å². The molecule has 0 radical (unpaired) electrons. The van der Waals surface area contributed by atoms with Crippen LogP contribution in [0.2, 0.25) is 0 Å². The summed E-state index contributed by atoms with van der Waals surface area (Å²) in [6.45, 7) is 4.44. The predicted molar refractivity (Wildman–Crippen MR) is 117 cm³/mol. The average molecular weight is 418 g/mol. The number of aromatic nitrogens is 1. The van der Waals surface area contributed by atoms with Crippen LogP contribution in [-0.2, 0) is 27.4 Å². The van der Waals surface area contributed by atoms with E-state index in [1.807, 2.05) is 61.5 Å². The maximum atomic E-state index is 12.4. The molecule has 1 heterocycles. The van der Waals surface area contributed by atoms with Gasteiger partial charge in [0.15, 0.2) is 0 Å². The van der Waals surface area contributed by atoms with Gasteiger partial charge >= 0.3 is 5.97 Å². The molecule has 0 bridgehead atoms. The Kier molecular flexibility index (Phi) is 5.63. The van der Waals surface area contributed by atoms with Crippen LogP contribution in [0.3, 0.4) is 0 Å². The minimum Gasteiger partial charge on any atom is -0.489 e. The van der Waals surface area contributed by atoms with E-state index in [0.717, 1.165) is 33.5 Å². The quantitative estimate of drug-likeness (QED) is 0.563. The van der Waals surface area contributed by atoms with Crippen molar-refractivity contribution in [3.8, 4) is 5.75 Å². The van der Waals surface area contributed by atoms with Crippen molar-refractivity contribution < 1.29 is 19.1 Å². The van der Waals surface area contributed by atoms with E-state index in [1.165, 1.54) is 0 Å². The third-order valence-corrected chi connectivity index (χ3v) is 5.87. The molecule has 3 aromatic rings. The van der Waals surface area contributed by atoms with Crippen LogP contribution in [0.15, 0.2) is 54.6 Å². The van der Waals surface area contributed by atoms with Gasteiger partial charge in [0.1, 0.15) is 12.4 Å². The molecule has 2 atom stereocenters. The summed E-state index contributed by atoms with van der Waals surface area (Å²) in [5, 5.41) is 1.08. The lowest BCUT2D eigenvalue weighted by Crippen LogP contribution is -2.28. The van der Waals surface area contributed by atoms with Gasteiger partial charge in [-0.05, 0) is 56.5 Å². The number of carbonyl (C=O) groups excluding carboxylic acids is 2. The van der Waals surface area contributed by atoms with E-state index in [2.05, 4.69) is 4.98 Å². The number of nitrogens with two attached hydrogens (primary N) is 1. The number of fused-ring (bicyclic) bond motifs is 1. The highest BCUT2D eigenvalue weighted by Crippen LogP contribution is 2.55. The van der Waals surface area contributed by atoms with Gasteiger partial charge in [-0.3, -0.25) is 14.6 Å². The van der Waals surface area contributed by atoms with Gasteiger partial charge in [0, 0.05) is 16.6 Å². The second-order valence-corrected chi connectivity index (χ2v) is 8.09. The molecule has 0 saturated heterocycles. The summed E-state index contributed by atoms with van der Waals surface area (Å²) >= 11 is 0. The van der Waals surface area contributed by atoms with Gasteiger partial charge < -0.3 is 15.2 Å². The molecule has 1 amide bonds. The van der Waals surface area contributed by atoms with Crippen LogP contribution in [0.25, 0.3) is 10.9 Å². The van der Waals surface area contributed by atoms with Gasteiger partial charge in [0.05, 0.1) is 23.5 Å². The Morgan fingerprint density at radius 1 is 1.16 bits per heavy atom. The maximum absolute atomic E-state index is 12.4. The van der Waals surface area contributed by atoms with E-state index in [9.17, 15) is 9.59 Å². The largest absolute Gasteiger partial charge is 0.489 e. The highest BCUT2D eigenvalue weighted by atomic mass is 16.5. The molecule has 1 fully saturated rings. The van der Waals surface area contributed by atoms with E-state index in [0.29, 0.717) is 19.4 Å². The number of esters is 1. The lowest BCUT2D eigenvalue weighted by Gasteiger charge is -2.16. The summed E-state index contributed by atoms with van der Waals surface area (Å²) in [5.74, 6) is -0.535. The van der Waals surface area contributed by atoms with Gasteiger partial charge in [-0.1, -0.05) is 30.3 Å². The van der Waals surface area contributed by atoms with Crippen molar-refractivity contribution in [3.05, 3.63) is 71.4 Å². The molecule has 1 aromatic heterocycles. The van der Waals surface area contributed by atoms with Crippen LogP contribution in [0.4, 0.5) is 0 Å². The first kappa shape index (κ1) is 20.8. The molecule has 31 heavy (non-hydrogen) atoms. The van der Waals surface area contributed by atoms with E-state index >= 15 is 0 Å². The highest BCUT2D eigenvalue weighted by molar-refractivity contribution is 5.93. The number of primary amides is 1. The van der Waals surface area contributed by atoms with Gasteiger partial charge in [-0.2, -0.15) is 0 Å². The monoisotopic (exact) mass is 418 g/mol. The molecule has 0 aliphatic heterocycles. The maximum Gasteiger partial charge on any atom is 0.313 e. The number of ether oxygens (including phenoxy) is 2. The summed E-state index contributed by atoms with van der Waals surface area (Å²) in [7, 11) is 0. The number of pyridine rings is 1. The van der Waals surface area contributed by atoms with Gasteiger partial charge in [0.2, 0.25) is 5.91 Å². The van der Waals surface area contributed by atoms with E-state index in [-0.39, 0.29) is 12.6 Å². The van der Waals surface area contributed by atoms with Crippen molar-refractivity contribution in [2.75, 3.05) is 6.61 Å². The fraction of sp³-hybridized carbons (Fsp3) is 0.320. The zero-order valence-electron chi connectivity index (χ0n) is 17.8. The molecular formula is C25H26N2O4. The fourth-order valence-corrected chi connectivity index (χ4v) is 4.19. The smallest absolute Gasteiger partial charge is 0.313 e. The van der Waals surface area contributed by atoms with Crippen LogP contribution >= 0.6 is 0 Å². The summed E-state index contributed by atoms with van der Waals surface area (Å²) in [6, 6.07) is 17.7. The summed E-state index contributed by atoms with van der Waals surface area (Å²) in [4.78, 5) is 28.7. The van der Waals surface area contributed by atoms with Crippen molar-refractivity contribution in [1.29, 1.82) is 0 Å². The van der Waals surface area contributed by atoms with Crippen LogP contribution in [-0.4, -0.2) is 23.5 Å². The normalized spacial score (nSPS) is 19.7. The zero-order chi connectivity index (χ0) is 22.0. The van der Waals surface area contributed by atoms with Crippen molar-refractivity contribution in [2.24, 2.45) is 17.1 Å². The average Bonchev–Trinajstić information content (AvgIpc) is 3.49. The molecule has 0 spiro atoms. The second-order valence-electron chi connectivity index (χ2n) is 8.09. The molecule has 160 valence electrons. The van der Waals surface area contributed by atoms with Crippen LogP contribution in [0, 0.1) is 18.3 Å². The van der Waals surface area contributed by atoms with Gasteiger partial charge in [0.25, 0.3) is 0 Å². The molecule has 6 heteroatoms. The second kappa shape index (κ2) is 8.38. The van der Waals surface area contributed by atoms with E-state index < -0.39 is 17.2 Å². The Bertz CT molecular complexity index is 1130. The van der Waals surface area contributed by atoms with E-state index in [4.69, 9.17) is 15.2 Å². The van der Waals surface area contributed by atoms with E-state index in [1.54, 1.807) is 6.92 Å². The number of rotatable bonds is 8. The van der Waals surface area contributed by atoms with Crippen molar-refractivity contribution in [3.63, 3.8) is 0 Å². The molecule has 6 nitrogen and oxygen atoms in total. The lowest BCUT2D eigenvalue weighted by molar-refractivity contribution is -0.151. The topological polar surface area (TPSA) is 91.5 Å². The molecule has 1 saturated carbocycles. The number of nitrogens with zero attached hydrogens (tertiary/aromatic N) is 1. The minimum absolute atomic E-state index is 0.280. The molecule has 2 aromatic carbocycles. The fourth-order valence-electron chi connectivity index (χ4n) is 4.19. The molecule has 1 aliphatic carbocycles. The van der Waals surface area contributed by atoms with Crippen molar-refractivity contribution >= 4 is 22.8 Å². The molecule has 1 aliphatic rings. The van der Waals surface area contributed by atoms with Gasteiger partial charge in [-0.15, -0.1) is 0 Å². The summed E-state index contributed by atoms with van der Waals surface area (Å²) in [6.07, 6.45) is 0.863. The zero-order valence-corrected chi connectivity index (χ0v) is 17.8. The first-order chi connectivity index (χ1) is 14.9. The third-order valence-electron chi connectivity index (χ3n) is 5.87. The Morgan fingerprint density at radius 3 is 2.58 bits per heavy atom. The van der Waals surface area contributed by atoms with Crippen LogP contribution < -0.4 is 10.5 Å². The Balaban J connectivity index is 1.46. The number of aryl methyl sites for hydroxylation is 1. The number of hydrogen-bond acceptors (Lipinski definition) is 5. The lowest BCUT2D eigenvalue weighted by atomic mass is 9.93. The molecule has 2 N–H and O–H groups in total. The standard InChI is InChI=1S/C25H26N2O4/c1-3-30-24(29)25(14-21(25)23(26)28)13-17-8-10-19(11-9-17)31-15-18-12-16(2)27-22-7-5-4-6-20(18)22/h4-12,21H,3,13-15H2,1-2H3,(H2,26,28)/t21-,25+/m1/s1. The Hall–Kier alpha value is -3.41. The number of amides is 1. The predicted octanol–water partition coefficient (Wildman–Crippen LogP) is 3.72. The molecule has 0 unspecified atom stereocenters. The Labute approximate surface area is 181 Å². The molecular weight excluding hydrogens is 392 g/mol. The third kappa shape index (κ3) is 4.24. The number of benzene rings is 2. The van der Waals surface area contributed by atoms with Crippen molar-refractivity contribution in [2.45, 2.75) is 33.3 Å². The first-order valence-corrected chi connectivity index (χ1v) is 10.5. The number of hydrogen-bond donors (Lipinski definition) is 1. The molecule has 4 rings (SSSR count). The highest BCUT2D eigenvalue weighted by Gasteiger charge is 2.63.